The molecule has 0 aliphatic heterocycles. The fourth-order valence-electron chi connectivity index (χ4n) is 2.09. The summed E-state index contributed by atoms with van der Waals surface area (Å²) in [5.74, 6) is -1.68. The van der Waals surface area contributed by atoms with Crippen molar-refractivity contribution in [2.75, 3.05) is 32.5 Å². The zero-order chi connectivity index (χ0) is 14.6. The van der Waals surface area contributed by atoms with Gasteiger partial charge in [0.1, 0.15) is 5.82 Å². The van der Waals surface area contributed by atoms with Crippen molar-refractivity contribution in [3.05, 3.63) is 29.6 Å². The van der Waals surface area contributed by atoms with Crippen molar-refractivity contribution in [2.24, 2.45) is 5.41 Å². The van der Waals surface area contributed by atoms with Gasteiger partial charge >= 0.3 is 5.97 Å². The van der Waals surface area contributed by atoms with Gasteiger partial charge in [0.25, 0.3) is 0 Å². The van der Waals surface area contributed by atoms with E-state index in [-0.39, 0.29) is 11.0 Å². The average molecular weight is 268 g/mol. The fraction of sp³-hybridized carbons (Fsp3) is 0.500. The number of hydrogen-bond donors (Lipinski definition) is 2. The Bertz CT molecular complexity index is 459. The average Bonchev–Trinajstić information content (AvgIpc) is 2.25. The molecule has 1 aromatic rings. The standard InChI is InChI=1S/C14H21FN2O2/c1-14(2,9-17(3)4)8-16-12-6-5-10(15)7-11(12)13(18)19/h5-7,16H,8-9H2,1-4H3,(H,18,19). The Morgan fingerprint density at radius 3 is 2.58 bits per heavy atom. The predicted octanol–water partition coefficient (Wildman–Crippen LogP) is 2.52. The molecule has 0 atom stereocenters. The molecule has 0 aliphatic carbocycles. The van der Waals surface area contributed by atoms with E-state index in [0.717, 1.165) is 12.6 Å². The molecule has 0 unspecified atom stereocenters. The molecule has 0 fully saturated rings. The van der Waals surface area contributed by atoms with Gasteiger partial charge in [0.05, 0.1) is 5.56 Å². The van der Waals surface area contributed by atoms with Crippen molar-refractivity contribution in [1.29, 1.82) is 0 Å². The van der Waals surface area contributed by atoms with Gasteiger partial charge in [-0.15, -0.1) is 0 Å². The maximum atomic E-state index is 13.1. The highest BCUT2D eigenvalue weighted by atomic mass is 19.1. The summed E-state index contributed by atoms with van der Waals surface area (Å²) in [6.07, 6.45) is 0. The van der Waals surface area contributed by atoms with E-state index in [0.29, 0.717) is 12.2 Å². The van der Waals surface area contributed by atoms with Crippen LogP contribution in [0.1, 0.15) is 24.2 Å². The van der Waals surface area contributed by atoms with Crippen LogP contribution >= 0.6 is 0 Å². The second-order valence-corrected chi connectivity index (χ2v) is 5.75. The van der Waals surface area contributed by atoms with E-state index in [4.69, 9.17) is 5.11 Å². The van der Waals surface area contributed by atoms with Gasteiger partial charge in [-0.1, -0.05) is 13.8 Å². The van der Waals surface area contributed by atoms with Crippen molar-refractivity contribution >= 4 is 11.7 Å². The topological polar surface area (TPSA) is 52.6 Å². The molecule has 19 heavy (non-hydrogen) atoms. The van der Waals surface area contributed by atoms with Crippen molar-refractivity contribution in [3.63, 3.8) is 0 Å². The minimum absolute atomic E-state index is 0.0202. The highest BCUT2D eigenvalue weighted by Crippen LogP contribution is 2.21. The summed E-state index contributed by atoms with van der Waals surface area (Å²) in [6, 6.07) is 3.75. The van der Waals surface area contributed by atoms with E-state index in [2.05, 4.69) is 24.1 Å². The zero-order valence-electron chi connectivity index (χ0n) is 11.8. The number of hydrogen-bond acceptors (Lipinski definition) is 3. The first-order valence-corrected chi connectivity index (χ1v) is 6.13. The van der Waals surface area contributed by atoms with Crippen LogP contribution in [-0.4, -0.2) is 43.2 Å². The summed E-state index contributed by atoms with van der Waals surface area (Å²) in [5.41, 5.74) is 0.384. The number of nitrogens with zero attached hydrogens (tertiary/aromatic N) is 1. The van der Waals surface area contributed by atoms with E-state index in [1.54, 1.807) is 0 Å². The van der Waals surface area contributed by atoms with Gasteiger partial charge in [-0.2, -0.15) is 0 Å². The van der Waals surface area contributed by atoms with E-state index < -0.39 is 11.8 Å². The molecule has 4 nitrogen and oxygen atoms in total. The molecule has 0 saturated heterocycles. The van der Waals surface area contributed by atoms with Gasteiger partial charge in [0.15, 0.2) is 0 Å². The lowest BCUT2D eigenvalue weighted by Gasteiger charge is -2.29. The third kappa shape index (κ3) is 4.87. The quantitative estimate of drug-likeness (QED) is 0.832. The number of carboxylic acid groups (broad SMARTS) is 1. The molecule has 5 heteroatoms. The highest BCUT2D eigenvalue weighted by molar-refractivity contribution is 5.94. The normalized spacial score (nSPS) is 11.7. The Balaban J connectivity index is 2.80. The predicted molar refractivity (Wildman–Crippen MR) is 74.2 cm³/mol. The van der Waals surface area contributed by atoms with Gasteiger partial charge in [-0.25, -0.2) is 9.18 Å². The summed E-state index contributed by atoms with van der Waals surface area (Å²) >= 11 is 0. The minimum atomic E-state index is -1.13. The fourth-order valence-corrected chi connectivity index (χ4v) is 2.09. The molecule has 2 N–H and O–H groups in total. The molecule has 106 valence electrons. The third-order valence-corrected chi connectivity index (χ3v) is 2.71. The molecule has 0 spiro atoms. The molecule has 0 amide bonds. The number of carboxylic acids is 1. The Morgan fingerprint density at radius 1 is 1.42 bits per heavy atom. The lowest BCUT2D eigenvalue weighted by atomic mass is 9.92. The van der Waals surface area contributed by atoms with E-state index in [1.807, 2.05) is 14.1 Å². The number of carbonyl (C=O) groups is 1. The Labute approximate surface area is 113 Å². The molecular weight excluding hydrogens is 247 g/mol. The second-order valence-electron chi connectivity index (χ2n) is 5.75. The van der Waals surface area contributed by atoms with E-state index in [9.17, 15) is 9.18 Å². The number of aromatic carboxylic acids is 1. The zero-order valence-corrected chi connectivity index (χ0v) is 11.8. The Kier molecular flexibility index (Phi) is 4.89. The smallest absolute Gasteiger partial charge is 0.337 e. The third-order valence-electron chi connectivity index (χ3n) is 2.71. The monoisotopic (exact) mass is 268 g/mol. The first-order valence-electron chi connectivity index (χ1n) is 6.13. The molecule has 1 aromatic carbocycles. The van der Waals surface area contributed by atoms with E-state index in [1.165, 1.54) is 12.1 Å². The van der Waals surface area contributed by atoms with Crippen LogP contribution in [0.4, 0.5) is 10.1 Å². The number of halogens is 1. The van der Waals surface area contributed by atoms with Gasteiger partial charge in [0, 0.05) is 18.8 Å². The molecular formula is C14H21FN2O2. The van der Waals surface area contributed by atoms with Crippen LogP contribution in [0.2, 0.25) is 0 Å². The lowest BCUT2D eigenvalue weighted by Crippen LogP contribution is -2.34. The largest absolute Gasteiger partial charge is 0.478 e. The van der Waals surface area contributed by atoms with Gasteiger partial charge < -0.3 is 15.3 Å². The molecule has 0 heterocycles. The van der Waals surface area contributed by atoms with Crippen LogP contribution in [0.15, 0.2) is 18.2 Å². The van der Waals surface area contributed by atoms with Gasteiger partial charge in [0.2, 0.25) is 0 Å². The Hall–Kier alpha value is -1.62. The van der Waals surface area contributed by atoms with Crippen molar-refractivity contribution in [1.82, 2.24) is 4.90 Å². The van der Waals surface area contributed by atoms with Crippen molar-refractivity contribution < 1.29 is 14.3 Å². The second kappa shape index (κ2) is 6.02. The minimum Gasteiger partial charge on any atom is -0.478 e. The summed E-state index contributed by atoms with van der Waals surface area (Å²) in [5, 5.41) is 12.1. The summed E-state index contributed by atoms with van der Waals surface area (Å²) in [7, 11) is 3.98. The van der Waals surface area contributed by atoms with Crippen LogP contribution in [0.25, 0.3) is 0 Å². The first-order chi connectivity index (χ1) is 8.71. The van der Waals surface area contributed by atoms with Crippen LogP contribution in [0.3, 0.4) is 0 Å². The maximum Gasteiger partial charge on any atom is 0.337 e. The molecule has 0 saturated carbocycles. The first kappa shape index (κ1) is 15.4. The number of nitrogens with one attached hydrogen (secondary N) is 1. The number of rotatable bonds is 6. The highest BCUT2D eigenvalue weighted by Gasteiger charge is 2.20. The van der Waals surface area contributed by atoms with Crippen LogP contribution in [0.5, 0.6) is 0 Å². The lowest BCUT2D eigenvalue weighted by molar-refractivity contribution is 0.0697. The van der Waals surface area contributed by atoms with Gasteiger partial charge in [-0.05, 0) is 37.7 Å². The summed E-state index contributed by atoms with van der Waals surface area (Å²) in [6.45, 7) is 5.65. The molecule has 0 bridgehead atoms. The van der Waals surface area contributed by atoms with Crippen molar-refractivity contribution in [2.45, 2.75) is 13.8 Å². The van der Waals surface area contributed by atoms with Crippen LogP contribution in [0, 0.1) is 11.2 Å². The van der Waals surface area contributed by atoms with Crippen LogP contribution in [-0.2, 0) is 0 Å². The molecule has 0 radical (unpaired) electrons. The number of anilines is 1. The Morgan fingerprint density at radius 2 is 2.05 bits per heavy atom. The van der Waals surface area contributed by atoms with Gasteiger partial charge in [-0.3, -0.25) is 0 Å². The summed E-state index contributed by atoms with van der Waals surface area (Å²) < 4.78 is 13.1. The molecule has 1 rings (SSSR count). The van der Waals surface area contributed by atoms with Crippen molar-refractivity contribution in [3.8, 4) is 0 Å². The summed E-state index contributed by atoms with van der Waals surface area (Å²) in [4.78, 5) is 13.1. The van der Waals surface area contributed by atoms with E-state index >= 15 is 0 Å². The van der Waals surface area contributed by atoms with Crippen LogP contribution < -0.4 is 5.32 Å². The SMILES string of the molecule is CN(C)CC(C)(C)CNc1ccc(F)cc1C(=O)O. The molecule has 0 aromatic heterocycles. The number of benzene rings is 1. The molecule has 0 aliphatic rings. The maximum absolute atomic E-state index is 13.1.